The minimum Gasteiger partial charge on any atom is -0.383 e. The molecule has 0 bridgehead atoms. The van der Waals surface area contributed by atoms with Gasteiger partial charge in [-0.15, -0.1) is 0 Å². The largest absolute Gasteiger partial charge is 0.383 e. The molecule has 0 spiro atoms. The highest BCUT2D eigenvalue weighted by molar-refractivity contribution is 5.48. The number of aromatic nitrogens is 1. The van der Waals surface area contributed by atoms with Crippen LogP contribution >= 0.6 is 0 Å². The number of hydrogen-bond acceptors (Lipinski definition) is 3. The van der Waals surface area contributed by atoms with Crippen molar-refractivity contribution < 1.29 is 0 Å². The van der Waals surface area contributed by atoms with Gasteiger partial charge < -0.3 is 10.6 Å². The summed E-state index contributed by atoms with van der Waals surface area (Å²) in [6.45, 7) is 14.4. The third-order valence-corrected chi connectivity index (χ3v) is 3.89. The van der Waals surface area contributed by atoms with Crippen molar-refractivity contribution in [2.24, 2.45) is 17.8 Å². The Morgan fingerprint density at radius 1 is 1.15 bits per heavy atom. The Labute approximate surface area is 124 Å². The van der Waals surface area contributed by atoms with Gasteiger partial charge in [-0.05, 0) is 42.3 Å². The molecule has 1 rings (SSSR count). The van der Waals surface area contributed by atoms with Crippen LogP contribution in [-0.2, 0) is 6.54 Å². The van der Waals surface area contributed by atoms with Crippen LogP contribution < -0.4 is 10.6 Å². The van der Waals surface area contributed by atoms with Gasteiger partial charge >= 0.3 is 0 Å². The van der Waals surface area contributed by atoms with Crippen LogP contribution in [0.15, 0.2) is 18.5 Å². The molecule has 114 valence electrons. The van der Waals surface area contributed by atoms with Crippen LogP contribution in [0.1, 0.15) is 46.6 Å². The average Bonchev–Trinajstić information content (AvgIpc) is 2.40. The van der Waals surface area contributed by atoms with Crippen molar-refractivity contribution in [1.82, 2.24) is 10.3 Å². The van der Waals surface area contributed by atoms with Crippen LogP contribution in [0.25, 0.3) is 0 Å². The van der Waals surface area contributed by atoms with Gasteiger partial charge in [-0.1, -0.05) is 34.6 Å². The summed E-state index contributed by atoms with van der Waals surface area (Å²) in [6, 6.07) is 2.10. The first-order valence-corrected chi connectivity index (χ1v) is 7.93. The van der Waals surface area contributed by atoms with Gasteiger partial charge in [0.2, 0.25) is 0 Å². The molecule has 20 heavy (non-hydrogen) atoms. The number of nitrogens with zero attached hydrogens (tertiary/aromatic N) is 1. The summed E-state index contributed by atoms with van der Waals surface area (Å²) in [7, 11) is 0. The van der Waals surface area contributed by atoms with Crippen LogP contribution in [-0.4, -0.2) is 18.1 Å². The zero-order valence-electron chi connectivity index (χ0n) is 13.7. The van der Waals surface area contributed by atoms with E-state index in [-0.39, 0.29) is 0 Å². The van der Waals surface area contributed by atoms with Gasteiger partial charge in [-0.2, -0.15) is 0 Å². The fourth-order valence-electron chi connectivity index (χ4n) is 2.61. The molecule has 1 heterocycles. The lowest BCUT2D eigenvalue weighted by molar-refractivity contribution is 0.304. The molecular weight excluding hydrogens is 246 g/mol. The normalized spacial score (nSPS) is 11.6. The molecule has 0 aliphatic rings. The van der Waals surface area contributed by atoms with Crippen molar-refractivity contribution >= 4 is 5.69 Å². The van der Waals surface area contributed by atoms with E-state index in [0.717, 1.165) is 26.1 Å². The first-order valence-electron chi connectivity index (χ1n) is 7.93. The monoisotopic (exact) mass is 277 g/mol. The smallest absolute Gasteiger partial charge is 0.0572 e. The second-order valence-corrected chi connectivity index (χ2v) is 6.24. The maximum absolute atomic E-state index is 4.25. The highest BCUT2D eigenvalue weighted by Crippen LogP contribution is 2.22. The molecule has 0 amide bonds. The zero-order chi connectivity index (χ0) is 15.0. The van der Waals surface area contributed by atoms with Gasteiger partial charge in [-0.25, -0.2) is 0 Å². The highest BCUT2D eigenvalue weighted by atomic mass is 14.9. The van der Waals surface area contributed by atoms with Crippen molar-refractivity contribution in [1.29, 1.82) is 0 Å². The molecule has 0 saturated carbocycles. The minimum atomic E-state index is 0.687. The standard InChI is InChI=1S/C17H31N3/c1-6-8-18-10-15-7-9-19-12-17(15)20-11-16(13(2)3)14(4)5/h7,9,12-14,16,18,20H,6,8,10-11H2,1-5H3. The lowest BCUT2D eigenvalue weighted by Gasteiger charge is -2.26. The summed E-state index contributed by atoms with van der Waals surface area (Å²) < 4.78 is 0. The maximum Gasteiger partial charge on any atom is 0.0572 e. The van der Waals surface area contributed by atoms with Crippen LogP contribution in [0.3, 0.4) is 0 Å². The molecule has 2 N–H and O–H groups in total. The van der Waals surface area contributed by atoms with Crippen molar-refractivity contribution in [3.63, 3.8) is 0 Å². The zero-order valence-corrected chi connectivity index (χ0v) is 13.7. The third-order valence-electron chi connectivity index (χ3n) is 3.89. The number of pyridine rings is 1. The molecular formula is C17H31N3. The van der Waals surface area contributed by atoms with E-state index in [1.807, 2.05) is 12.4 Å². The molecule has 0 radical (unpaired) electrons. The van der Waals surface area contributed by atoms with E-state index in [2.05, 4.69) is 56.3 Å². The maximum atomic E-state index is 4.25. The first kappa shape index (κ1) is 17.0. The van der Waals surface area contributed by atoms with E-state index in [1.54, 1.807) is 0 Å². The van der Waals surface area contributed by atoms with E-state index in [9.17, 15) is 0 Å². The van der Waals surface area contributed by atoms with E-state index in [4.69, 9.17) is 0 Å². The highest BCUT2D eigenvalue weighted by Gasteiger charge is 2.17. The van der Waals surface area contributed by atoms with Crippen molar-refractivity contribution in [2.75, 3.05) is 18.4 Å². The Hall–Kier alpha value is -1.09. The molecule has 1 aromatic rings. The quantitative estimate of drug-likeness (QED) is 0.672. The van der Waals surface area contributed by atoms with Gasteiger partial charge in [0.1, 0.15) is 0 Å². The van der Waals surface area contributed by atoms with E-state index >= 15 is 0 Å². The Balaban J connectivity index is 2.62. The number of hydrogen-bond donors (Lipinski definition) is 2. The lowest BCUT2D eigenvalue weighted by atomic mass is 9.85. The molecule has 0 fully saturated rings. The Morgan fingerprint density at radius 3 is 2.45 bits per heavy atom. The molecule has 0 saturated heterocycles. The molecule has 3 nitrogen and oxygen atoms in total. The number of rotatable bonds is 9. The summed E-state index contributed by atoms with van der Waals surface area (Å²) in [5, 5.41) is 7.06. The predicted molar refractivity (Wildman–Crippen MR) is 87.9 cm³/mol. The van der Waals surface area contributed by atoms with Crippen LogP contribution in [0.2, 0.25) is 0 Å². The Morgan fingerprint density at radius 2 is 1.85 bits per heavy atom. The van der Waals surface area contributed by atoms with Crippen molar-refractivity contribution in [2.45, 2.75) is 47.6 Å². The van der Waals surface area contributed by atoms with Gasteiger partial charge in [0.25, 0.3) is 0 Å². The Bertz CT molecular complexity index is 366. The van der Waals surface area contributed by atoms with Crippen LogP contribution in [0.4, 0.5) is 5.69 Å². The molecule has 0 atom stereocenters. The molecule has 0 aromatic carbocycles. The SMILES string of the molecule is CCCNCc1ccncc1NCC(C(C)C)C(C)C. The fourth-order valence-corrected chi connectivity index (χ4v) is 2.61. The number of nitrogens with one attached hydrogen (secondary N) is 2. The summed E-state index contributed by atoms with van der Waals surface area (Å²) >= 11 is 0. The second-order valence-electron chi connectivity index (χ2n) is 6.24. The molecule has 1 aromatic heterocycles. The average molecular weight is 277 g/mol. The van der Waals surface area contributed by atoms with Crippen molar-refractivity contribution in [3.05, 3.63) is 24.0 Å². The third kappa shape index (κ3) is 5.49. The lowest BCUT2D eigenvalue weighted by Crippen LogP contribution is -2.25. The topological polar surface area (TPSA) is 37.0 Å². The van der Waals surface area contributed by atoms with E-state index in [0.29, 0.717) is 17.8 Å². The second kappa shape index (κ2) is 8.96. The van der Waals surface area contributed by atoms with Crippen LogP contribution in [0.5, 0.6) is 0 Å². The van der Waals surface area contributed by atoms with Crippen molar-refractivity contribution in [3.8, 4) is 0 Å². The van der Waals surface area contributed by atoms with Gasteiger partial charge in [-0.3, -0.25) is 4.98 Å². The summed E-state index contributed by atoms with van der Waals surface area (Å²) in [5.41, 5.74) is 2.47. The van der Waals surface area contributed by atoms with E-state index in [1.165, 1.54) is 11.3 Å². The molecule has 0 aliphatic carbocycles. The van der Waals surface area contributed by atoms with Gasteiger partial charge in [0, 0.05) is 19.3 Å². The Kier molecular flexibility index (Phi) is 7.60. The summed E-state index contributed by atoms with van der Waals surface area (Å²) in [4.78, 5) is 4.25. The molecule has 3 heteroatoms. The molecule has 0 unspecified atom stereocenters. The summed E-state index contributed by atoms with van der Waals surface area (Å²) in [5.74, 6) is 2.08. The van der Waals surface area contributed by atoms with E-state index < -0.39 is 0 Å². The van der Waals surface area contributed by atoms with Crippen LogP contribution in [0, 0.1) is 17.8 Å². The fraction of sp³-hybridized carbons (Fsp3) is 0.706. The number of anilines is 1. The van der Waals surface area contributed by atoms with Gasteiger partial charge in [0.15, 0.2) is 0 Å². The van der Waals surface area contributed by atoms with Gasteiger partial charge in [0.05, 0.1) is 11.9 Å². The first-order chi connectivity index (χ1) is 9.56. The predicted octanol–water partition coefficient (Wildman–Crippen LogP) is 3.92. The minimum absolute atomic E-state index is 0.687. The molecule has 0 aliphatic heterocycles. The summed E-state index contributed by atoms with van der Waals surface area (Å²) in [6.07, 6.45) is 4.98.